The van der Waals surface area contributed by atoms with E-state index in [1.54, 1.807) is 0 Å². The molecule has 0 atom stereocenters. The molecule has 0 spiro atoms. The molecule has 0 saturated heterocycles. The number of aryl methyl sites for hydroxylation is 1. The number of rotatable bonds is 2. The van der Waals surface area contributed by atoms with E-state index in [1.165, 1.54) is 11.1 Å². The molecule has 7 aromatic rings. The smallest absolute Gasteiger partial charge is 0.342 e. The molecule has 4 aliphatic rings. The van der Waals surface area contributed by atoms with Crippen LogP contribution < -0.4 is 45.5 Å². The Kier molecular flexibility index (Phi) is 7.60. The molecule has 11 rings (SSSR count). The van der Waals surface area contributed by atoms with Gasteiger partial charge in [-0.2, -0.15) is 0 Å². The topological polar surface area (TPSA) is 69.7 Å². The minimum atomic E-state index is -0.333. The lowest BCUT2D eigenvalue weighted by atomic mass is 9.37. The van der Waals surface area contributed by atoms with Crippen LogP contribution in [-0.2, 0) is 10.8 Å². The predicted octanol–water partition coefficient (Wildman–Crippen LogP) is 10.5. The first kappa shape index (κ1) is 35.2. The molecular formula is C49H47BN2O6. The fraction of sp³-hybridized carbons (Fsp3) is 0.306. The Morgan fingerprint density at radius 1 is 0.500 bits per heavy atom. The van der Waals surface area contributed by atoms with Crippen LogP contribution >= 0.6 is 0 Å². The quantitative estimate of drug-likeness (QED) is 0.161. The summed E-state index contributed by atoms with van der Waals surface area (Å²) in [5, 5.41) is 2.11. The SMILES string of the molecule is Cc1cc2c3c(c1)N(c1ccc4c(c1)OCCCO4)c1c(oc4ccc(C(C)(C)C)cc14)B3c1oc3ccc(C(C)(C)C)cc3c1N2c1ccc2c(c1)OCCCO2. The van der Waals surface area contributed by atoms with Gasteiger partial charge in [-0.25, -0.2) is 0 Å². The van der Waals surface area contributed by atoms with Crippen LogP contribution in [0.1, 0.15) is 71.1 Å². The molecular weight excluding hydrogens is 723 g/mol. The van der Waals surface area contributed by atoms with Gasteiger partial charge in [0.1, 0.15) is 22.5 Å². The second kappa shape index (κ2) is 12.5. The highest BCUT2D eigenvalue weighted by atomic mass is 16.5. The van der Waals surface area contributed by atoms with E-state index in [4.69, 9.17) is 27.8 Å². The second-order valence-corrected chi connectivity index (χ2v) is 18.2. The Labute approximate surface area is 339 Å². The molecule has 8 nitrogen and oxygen atoms in total. The van der Waals surface area contributed by atoms with Gasteiger partial charge in [0.25, 0.3) is 0 Å². The van der Waals surface area contributed by atoms with Gasteiger partial charge in [0, 0.05) is 47.1 Å². The van der Waals surface area contributed by atoms with Crippen molar-refractivity contribution in [3.63, 3.8) is 0 Å². The number of benzene rings is 5. The van der Waals surface area contributed by atoms with Crippen molar-refractivity contribution in [1.82, 2.24) is 0 Å². The first-order valence-corrected chi connectivity index (χ1v) is 20.6. The minimum Gasteiger partial charge on any atom is -0.490 e. The lowest BCUT2D eigenvalue weighted by molar-refractivity contribution is 0.296. The van der Waals surface area contributed by atoms with Crippen molar-refractivity contribution >= 4 is 79.6 Å². The summed E-state index contributed by atoms with van der Waals surface area (Å²) in [4.78, 5) is 4.75. The summed E-state index contributed by atoms with van der Waals surface area (Å²) in [6, 6.07) is 30.5. The largest absolute Gasteiger partial charge is 0.490 e. The van der Waals surface area contributed by atoms with Gasteiger partial charge in [-0.05, 0) is 101 Å². The molecule has 0 fully saturated rings. The summed E-state index contributed by atoms with van der Waals surface area (Å²) in [6.45, 7) is 17.9. The van der Waals surface area contributed by atoms with Crippen molar-refractivity contribution in [2.75, 3.05) is 36.2 Å². The Balaban J connectivity index is 1.24. The van der Waals surface area contributed by atoms with Crippen LogP contribution in [0.15, 0.2) is 93.8 Å². The molecule has 292 valence electrons. The summed E-state index contributed by atoms with van der Waals surface area (Å²) < 4.78 is 39.2. The van der Waals surface area contributed by atoms with Gasteiger partial charge in [-0.3, -0.25) is 0 Å². The van der Waals surface area contributed by atoms with E-state index < -0.39 is 0 Å². The first-order valence-electron chi connectivity index (χ1n) is 20.6. The van der Waals surface area contributed by atoms with Gasteiger partial charge < -0.3 is 37.6 Å². The van der Waals surface area contributed by atoms with Crippen molar-refractivity contribution in [3.05, 3.63) is 102 Å². The average molecular weight is 771 g/mol. The second-order valence-electron chi connectivity index (χ2n) is 18.2. The summed E-state index contributed by atoms with van der Waals surface area (Å²) in [5.74, 6) is 3.01. The maximum atomic E-state index is 7.17. The third-order valence-corrected chi connectivity index (χ3v) is 12.1. The normalized spacial score (nSPS) is 15.9. The monoisotopic (exact) mass is 770 g/mol. The highest BCUT2D eigenvalue weighted by Gasteiger charge is 2.50. The molecule has 4 aliphatic heterocycles. The zero-order chi connectivity index (χ0) is 39.7. The van der Waals surface area contributed by atoms with E-state index in [1.807, 2.05) is 12.1 Å². The van der Waals surface area contributed by atoms with Gasteiger partial charge >= 0.3 is 6.71 Å². The van der Waals surface area contributed by atoms with Crippen molar-refractivity contribution in [2.45, 2.75) is 72.1 Å². The molecule has 5 aromatic carbocycles. The highest BCUT2D eigenvalue weighted by Crippen LogP contribution is 2.51. The maximum absolute atomic E-state index is 7.17. The zero-order valence-corrected chi connectivity index (χ0v) is 34.2. The zero-order valence-electron chi connectivity index (χ0n) is 34.2. The molecule has 9 heteroatoms. The van der Waals surface area contributed by atoms with E-state index >= 15 is 0 Å². The molecule has 0 unspecified atom stereocenters. The molecule has 58 heavy (non-hydrogen) atoms. The minimum absolute atomic E-state index is 0.0700. The van der Waals surface area contributed by atoms with E-state index in [-0.39, 0.29) is 17.5 Å². The number of anilines is 6. The maximum Gasteiger partial charge on any atom is 0.342 e. The van der Waals surface area contributed by atoms with Gasteiger partial charge in [0.15, 0.2) is 23.0 Å². The molecule has 0 bridgehead atoms. The Hall–Kier alpha value is -5.96. The Morgan fingerprint density at radius 3 is 1.36 bits per heavy atom. The van der Waals surface area contributed by atoms with Crippen LogP contribution in [-0.4, -0.2) is 33.1 Å². The van der Waals surface area contributed by atoms with Gasteiger partial charge in [0.2, 0.25) is 0 Å². The van der Waals surface area contributed by atoms with Crippen LogP contribution in [0.25, 0.3) is 21.9 Å². The van der Waals surface area contributed by atoms with E-state index in [2.05, 4.69) is 131 Å². The van der Waals surface area contributed by atoms with Crippen molar-refractivity contribution < 1.29 is 27.8 Å². The van der Waals surface area contributed by atoms with Crippen LogP contribution in [0, 0.1) is 6.92 Å². The number of hydrogen-bond donors (Lipinski definition) is 0. The number of nitrogens with zero attached hydrogens (tertiary/aromatic N) is 2. The number of ether oxygens (including phenoxy) is 4. The molecule has 0 N–H and O–H groups in total. The van der Waals surface area contributed by atoms with Crippen molar-refractivity contribution in [1.29, 1.82) is 0 Å². The van der Waals surface area contributed by atoms with Crippen LogP contribution in [0.2, 0.25) is 0 Å². The van der Waals surface area contributed by atoms with Gasteiger partial charge in [-0.15, -0.1) is 0 Å². The standard InChI is InChI=1S/C49H47BN2O6/c1-28-22-35-43-36(23-28)52(32-13-17-40-42(27-32)56-21-9-19-54-40)45-34-25-30(49(5,6)7)11-15-38(34)58-47(45)50(43)46-44(33-24-29(48(2,3)4)10-14-37(33)57-46)51(35)31-12-16-39-41(26-31)55-20-8-18-53-39/h10-17,22-27H,8-9,18-21H2,1-7H3. The van der Waals surface area contributed by atoms with E-state index in [0.29, 0.717) is 26.4 Å². The van der Waals surface area contributed by atoms with Crippen molar-refractivity contribution in [3.8, 4) is 23.0 Å². The van der Waals surface area contributed by atoms with Crippen molar-refractivity contribution in [2.24, 2.45) is 0 Å². The first-order chi connectivity index (χ1) is 27.9. The highest BCUT2D eigenvalue weighted by molar-refractivity contribution is 6.99. The Morgan fingerprint density at radius 2 is 0.931 bits per heavy atom. The predicted molar refractivity (Wildman–Crippen MR) is 233 cm³/mol. The summed E-state index contributed by atoms with van der Waals surface area (Å²) >= 11 is 0. The fourth-order valence-corrected chi connectivity index (χ4v) is 9.16. The third kappa shape index (κ3) is 5.35. The van der Waals surface area contributed by atoms with Gasteiger partial charge in [0.05, 0.1) is 49.2 Å². The number of furan rings is 2. The van der Waals surface area contributed by atoms with Crippen LogP contribution in [0.5, 0.6) is 23.0 Å². The summed E-state index contributed by atoms with van der Waals surface area (Å²) in [6.07, 6.45) is 1.67. The summed E-state index contributed by atoms with van der Waals surface area (Å²) in [7, 11) is 0. The molecule has 2 aromatic heterocycles. The fourth-order valence-electron chi connectivity index (χ4n) is 9.16. The molecule has 0 radical (unpaired) electrons. The molecule has 6 heterocycles. The lowest BCUT2D eigenvalue weighted by Gasteiger charge is -2.41. The number of hydrogen-bond acceptors (Lipinski definition) is 8. The molecule has 0 aliphatic carbocycles. The van der Waals surface area contributed by atoms with Crippen LogP contribution in [0.3, 0.4) is 0 Å². The number of fused-ring (bicyclic) bond motifs is 10. The third-order valence-electron chi connectivity index (χ3n) is 12.1. The molecule has 0 saturated carbocycles. The average Bonchev–Trinajstić information content (AvgIpc) is 3.53. The summed E-state index contributed by atoms with van der Waals surface area (Å²) in [5.41, 5.74) is 14.0. The van der Waals surface area contributed by atoms with E-state index in [9.17, 15) is 0 Å². The van der Waals surface area contributed by atoms with Crippen LogP contribution in [0.4, 0.5) is 34.1 Å². The van der Waals surface area contributed by atoms with E-state index in [0.717, 1.165) is 114 Å². The van der Waals surface area contributed by atoms with Gasteiger partial charge in [-0.1, -0.05) is 53.7 Å². The Bertz CT molecular complexity index is 2630. The molecule has 0 amide bonds. The lowest BCUT2D eigenvalue weighted by Crippen LogP contribution is -2.60.